The van der Waals surface area contributed by atoms with Crippen LogP contribution in [0.3, 0.4) is 0 Å². The lowest BCUT2D eigenvalue weighted by Gasteiger charge is -2.23. The van der Waals surface area contributed by atoms with Crippen molar-refractivity contribution in [1.82, 2.24) is 4.98 Å². The van der Waals surface area contributed by atoms with Gasteiger partial charge in [0.15, 0.2) is 15.0 Å². The van der Waals surface area contributed by atoms with Gasteiger partial charge in [-0.2, -0.15) is 0 Å². The molecule has 1 fully saturated rings. The fraction of sp³-hybridized carbons (Fsp3) is 0.391. The van der Waals surface area contributed by atoms with E-state index in [0.29, 0.717) is 23.3 Å². The average molecular weight is 525 g/mol. The van der Waals surface area contributed by atoms with Crippen LogP contribution in [-0.4, -0.2) is 50.6 Å². The third kappa shape index (κ3) is 5.89. The topological polar surface area (TPSA) is 76.6 Å². The number of nitrogens with zero attached hydrogens (tertiary/aromatic N) is 2. The number of ether oxygens (including phenoxy) is 1. The molecule has 10 heteroatoms. The van der Waals surface area contributed by atoms with Gasteiger partial charge in [-0.05, 0) is 61.9 Å². The van der Waals surface area contributed by atoms with Gasteiger partial charge in [0.05, 0.1) is 33.5 Å². The Labute approximate surface area is 207 Å². The van der Waals surface area contributed by atoms with Crippen LogP contribution in [0.4, 0.5) is 5.13 Å². The zero-order chi connectivity index (χ0) is 23.4. The molecule has 0 radical (unpaired) electrons. The number of thiazole rings is 1. The first-order valence-electron chi connectivity index (χ1n) is 10.7. The van der Waals surface area contributed by atoms with Crippen molar-refractivity contribution in [2.75, 3.05) is 30.1 Å². The number of carbonyl (C=O) groups is 1. The lowest BCUT2D eigenvalue weighted by Crippen LogP contribution is -2.37. The maximum atomic E-state index is 13.2. The minimum absolute atomic E-state index is 0.0289. The molecule has 1 aromatic heterocycles. The zero-order valence-electron chi connectivity index (χ0n) is 18.2. The van der Waals surface area contributed by atoms with Gasteiger partial charge >= 0.3 is 0 Å². The van der Waals surface area contributed by atoms with E-state index in [1.165, 1.54) is 23.5 Å². The molecule has 0 bridgehead atoms. The number of halogens is 1. The van der Waals surface area contributed by atoms with Crippen molar-refractivity contribution in [3.05, 3.63) is 47.5 Å². The Morgan fingerprint density at radius 1 is 1.27 bits per heavy atom. The second kappa shape index (κ2) is 10.7. The summed E-state index contributed by atoms with van der Waals surface area (Å²) in [6, 6.07) is 12.1. The molecule has 6 nitrogen and oxygen atoms in total. The fourth-order valence-electron chi connectivity index (χ4n) is 3.78. The maximum absolute atomic E-state index is 13.2. The summed E-state index contributed by atoms with van der Waals surface area (Å²) < 4.78 is 32.1. The summed E-state index contributed by atoms with van der Waals surface area (Å²) in [5.41, 5.74) is 0.889. The third-order valence-electron chi connectivity index (χ3n) is 5.51. The van der Waals surface area contributed by atoms with Crippen LogP contribution in [0.15, 0.2) is 52.3 Å². The van der Waals surface area contributed by atoms with E-state index in [1.807, 2.05) is 24.5 Å². The number of aromatic nitrogens is 1. The summed E-state index contributed by atoms with van der Waals surface area (Å²) >= 11 is 8.96. The number of amides is 1. The second-order valence-electron chi connectivity index (χ2n) is 7.82. The quantitative estimate of drug-likeness (QED) is 0.347. The predicted molar refractivity (Wildman–Crippen MR) is 135 cm³/mol. The van der Waals surface area contributed by atoms with Gasteiger partial charge in [-0.1, -0.05) is 29.0 Å². The van der Waals surface area contributed by atoms with Gasteiger partial charge in [-0.25, -0.2) is 13.4 Å². The Morgan fingerprint density at radius 2 is 2.06 bits per heavy atom. The average Bonchev–Trinajstić information content (AvgIpc) is 3.47. The molecule has 2 heterocycles. The van der Waals surface area contributed by atoms with Crippen molar-refractivity contribution < 1.29 is 17.9 Å². The summed E-state index contributed by atoms with van der Waals surface area (Å²) in [4.78, 5) is 21.0. The maximum Gasteiger partial charge on any atom is 0.228 e. The predicted octanol–water partition coefficient (Wildman–Crippen LogP) is 5.44. The number of fused-ring (bicyclic) bond motifs is 1. The van der Waals surface area contributed by atoms with Gasteiger partial charge < -0.3 is 4.74 Å². The summed E-state index contributed by atoms with van der Waals surface area (Å²) in [6.07, 6.45) is 4.19. The molecule has 176 valence electrons. The highest BCUT2D eigenvalue weighted by molar-refractivity contribution is 7.98. The van der Waals surface area contributed by atoms with Crippen LogP contribution in [-0.2, 0) is 19.4 Å². The Bertz CT molecular complexity index is 1220. The smallest absolute Gasteiger partial charge is 0.228 e. The second-order valence-corrected chi connectivity index (χ2v) is 12.2. The van der Waals surface area contributed by atoms with Gasteiger partial charge in [-0.3, -0.25) is 9.69 Å². The molecule has 1 saturated heterocycles. The van der Waals surface area contributed by atoms with E-state index in [9.17, 15) is 13.2 Å². The normalized spacial score (nSPS) is 16.4. The first-order chi connectivity index (χ1) is 15.9. The molecule has 3 aromatic rings. The third-order valence-corrected chi connectivity index (χ3v) is 9.39. The molecule has 33 heavy (non-hydrogen) atoms. The Morgan fingerprint density at radius 3 is 2.76 bits per heavy atom. The molecule has 1 atom stereocenters. The van der Waals surface area contributed by atoms with Crippen LogP contribution in [0, 0.1) is 0 Å². The molecule has 0 aliphatic carbocycles. The minimum atomic E-state index is -3.48. The lowest BCUT2D eigenvalue weighted by molar-refractivity contribution is -0.119. The monoisotopic (exact) mass is 524 g/mol. The van der Waals surface area contributed by atoms with Gasteiger partial charge in [0.1, 0.15) is 0 Å². The summed E-state index contributed by atoms with van der Waals surface area (Å²) in [5, 5.41) is 1.11. The molecule has 0 N–H and O–H groups in total. The molecule has 1 aliphatic rings. The molecule has 1 aliphatic heterocycles. The Hall–Kier alpha value is -1.65. The SMILES string of the molecule is CSc1cccc2sc(N(CC3CCCO3)C(=O)CCCS(=O)(=O)c3ccc(Cl)cc3)nc12. The highest BCUT2D eigenvalue weighted by atomic mass is 35.5. The summed E-state index contributed by atoms with van der Waals surface area (Å²) in [6.45, 7) is 1.12. The van der Waals surface area contributed by atoms with Crippen LogP contribution >= 0.6 is 34.7 Å². The lowest BCUT2D eigenvalue weighted by atomic mass is 10.2. The molecule has 0 saturated carbocycles. The van der Waals surface area contributed by atoms with E-state index in [4.69, 9.17) is 21.3 Å². The number of sulfone groups is 1. The van der Waals surface area contributed by atoms with Crippen molar-refractivity contribution in [2.45, 2.75) is 41.6 Å². The van der Waals surface area contributed by atoms with Gasteiger partial charge in [0.25, 0.3) is 0 Å². The molecule has 1 amide bonds. The van der Waals surface area contributed by atoms with Crippen LogP contribution in [0.25, 0.3) is 10.2 Å². The number of benzene rings is 2. The van der Waals surface area contributed by atoms with Crippen LogP contribution in [0.2, 0.25) is 5.02 Å². The van der Waals surface area contributed by atoms with Crippen LogP contribution in [0.5, 0.6) is 0 Å². The number of para-hydroxylation sites is 1. The van der Waals surface area contributed by atoms with Crippen molar-refractivity contribution >= 4 is 65.8 Å². The van der Waals surface area contributed by atoms with Gasteiger partial charge in [0, 0.05) is 22.9 Å². The van der Waals surface area contributed by atoms with Crippen LogP contribution in [0.1, 0.15) is 25.7 Å². The number of rotatable bonds is 9. The largest absolute Gasteiger partial charge is 0.376 e. The molecular formula is C23H25ClN2O4S3. The van der Waals surface area contributed by atoms with Crippen LogP contribution < -0.4 is 4.90 Å². The number of hydrogen-bond acceptors (Lipinski definition) is 7. The minimum Gasteiger partial charge on any atom is -0.376 e. The zero-order valence-corrected chi connectivity index (χ0v) is 21.4. The molecule has 4 rings (SSSR count). The van der Waals surface area contributed by atoms with E-state index < -0.39 is 9.84 Å². The highest BCUT2D eigenvalue weighted by Gasteiger charge is 2.27. The number of carbonyl (C=O) groups excluding carboxylic acids is 1. The van der Waals surface area contributed by atoms with Gasteiger partial charge in [0.2, 0.25) is 5.91 Å². The number of hydrogen-bond donors (Lipinski definition) is 0. The van der Waals surface area contributed by atoms with E-state index in [2.05, 4.69) is 0 Å². The molecule has 0 spiro atoms. The Kier molecular flexibility index (Phi) is 7.96. The van der Waals surface area contributed by atoms with E-state index >= 15 is 0 Å². The van der Waals surface area contributed by atoms with Crippen molar-refractivity contribution in [3.8, 4) is 0 Å². The van der Waals surface area contributed by atoms with Crippen molar-refractivity contribution in [3.63, 3.8) is 0 Å². The number of thioether (sulfide) groups is 1. The van der Waals surface area contributed by atoms with Gasteiger partial charge in [-0.15, -0.1) is 11.8 Å². The standard InChI is InChI=1S/C23H25ClN2O4S3/c1-31-19-6-2-7-20-22(19)25-23(32-20)26(15-17-5-3-13-30-17)21(27)8-4-14-33(28,29)18-11-9-16(24)10-12-18/h2,6-7,9-12,17H,3-5,8,13-15H2,1H3. The highest BCUT2D eigenvalue weighted by Crippen LogP contribution is 2.35. The first kappa shape index (κ1) is 24.5. The molecular weight excluding hydrogens is 500 g/mol. The van der Waals surface area contributed by atoms with Crippen molar-refractivity contribution in [2.24, 2.45) is 0 Å². The fourth-order valence-corrected chi connectivity index (χ4v) is 6.86. The molecule has 1 unspecified atom stereocenters. The van der Waals surface area contributed by atoms with E-state index in [-0.39, 0.29) is 35.5 Å². The van der Waals surface area contributed by atoms with Crippen molar-refractivity contribution in [1.29, 1.82) is 0 Å². The number of anilines is 1. The van der Waals surface area contributed by atoms with E-state index in [0.717, 1.165) is 28.0 Å². The Balaban J connectivity index is 1.50. The molecule has 2 aromatic carbocycles. The summed E-state index contributed by atoms with van der Waals surface area (Å²) in [7, 11) is -3.48. The summed E-state index contributed by atoms with van der Waals surface area (Å²) in [5.74, 6) is -0.244. The van der Waals surface area contributed by atoms with E-state index in [1.54, 1.807) is 28.8 Å². The first-order valence-corrected chi connectivity index (χ1v) is 14.8.